The quantitative estimate of drug-likeness (QED) is 0.328. The first-order valence-corrected chi connectivity index (χ1v) is 11.0. The van der Waals surface area contributed by atoms with Crippen LogP contribution in [-0.2, 0) is 9.59 Å². The summed E-state index contributed by atoms with van der Waals surface area (Å²) >= 11 is 0. The van der Waals surface area contributed by atoms with Gasteiger partial charge in [0.1, 0.15) is 11.3 Å². The van der Waals surface area contributed by atoms with E-state index in [1.54, 1.807) is 42.5 Å². The van der Waals surface area contributed by atoms with Crippen LogP contribution in [0, 0.1) is 0 Å². The summed E-state index contributed by atoms with van der Waals surface area (Å²) in [4.78, 5) is 38.9. The van der Waals surface area contributed by atoms with E-state index in [1.807, 2.05) is 13.8 Å². The van der Waals surface area contributed by atoms with Crippen molar-refractivity contribution < 1.29 is 28.6 Å². The fraction of sp³-hybridized carbons (Fsp3) is 0.320. The minimum atomic E-state index is -0.805. The third-order valence-electron chi connectivity index (χ3n) is 4.84. The smallest absolute Gasteiger partial charge is 0.335 e. The van der Waals surface area contributed by atoms with Crippen LogP contribution in [0.2, 0.25) is 0 Å². The van der Waals surface area contributed by atoms with Gasteiger partial charge in [0.15, 0.2) is 11.5 Å². The molecular weight excluding hydrogens is 424 g/mol. The van der Waals surface area contributed by atoms with Gasteiger partial charge in [-0.15, -0.1) is 0 Å². The van der Waals surface area contributed by atoms with Crippen molar-refractivity contribution in [3.8, 4) is 17.2 Å². The van der Waals surface area contributed by atoms with E-state index < -0.39 is 17.8 Å². The Morgan fingerprint density at radius 1 is 0.879 bits per heavy atom. The van der Waals surface area contributed by atoms with Gasteiger partial charge in [0.05, 0.1) is 25.5 Å². The first-order valence-electron chi connectivity index (χ1n) is 11.0. The number of nitrogens with zero attached hydrogens (tertiary/aromatic N) is 1. The van der Waals surface area contributed by atoms with Gasteiger partial charge in [0.25, 0.3) is 11.8 Å². The topological polar surface area (TPSA) is 94.2 Å². The van der Waals surface area contributed by atoms with Gasteiger partial charge in [-0.1, -0.05) is 19.4 Å². The van der Waals surface area contributed by atoms with Crippen LogP contribution in [0.3, 0.4) is 0 Å². The van der Waals surface area contributed by atoms with Crippen LogP contribution in [0.1, 0.15) is 39.2 Å². The lowest BCUT2D eigenvalue weighted by Gasteiger charge is -2.26. The maximum atomic E-state index is 13.1. The number of carbonyl (C=O) groups excluding carboxylic acids is 3. The van der Waals surface area contributed by atoms with E-state index in [9.17, 15) is 14.4 Å². The SMILES string of the molecule is CCCCOc1ccc(/C=C2\C(=O)NC(=O)N(c3ccc(OCC)cc3)C2=O)cc1OCC. The average molecular weight is 453 g/mol. The maximum absolute atomic E-state index is 13.1. The Bertz CT molecular complexity index is 1050. The second kappa shape index (κ2) is 11.2. The summed E-state index contributed by atoms with van der Waals surface area (Å²) in [5.41, 5.74) is 0.736. The molecule has 1 saturated heterocycles. The molecule has 8 nitrogen and oxygen atoms in total. The number of urea groups is 1. The summed E-state index contributed by atoms with van der Waals surface area (Å²) in [6.07, 6.45) is 3.36. The molecule has 1 aliphatic rings. The number of unbranched alkanes of at least 4 members (excludes halogenated alkanes) is 1. The number of nitrogens with one attached hydrogen (secondary N) is 1. The van der Waals surface area contributed by atoms with E-state index in [2.05, 4.69) is 12.2 Å². The van der Waals surface area contributed by atoms with E-state index in [4.69, 9.17) is 14.2 Å². The highest BCUT2D eigenvalue weighted by Crippen LogP contribution is 2.30. The van der Waals surface area contributed by atoms with Crippen LogP contribution in [-0.4, -0.2) is 37.7 Å². The molecule has 0 saturated carbocycles. The third-order valence-corrected chi connectivity index (χ3v) is 4.84. The molecule has 33 heavy (non-hydrogen) atoms. The van der Waals surface area contributed by atoms with Crippen LogP contribution >= 0.6 is 0 Å². The number of anilines is 1. The Morgan fingerprint density at radius 3 is 2.27 bits per heavy atom. The molecule has 2 aromatic carbocycles. The fourth-order valence-electron chi connectivity index (χ4n) is 3.25. The van der Waals surface area contributed by atoms with Gasteiger partial charge >= 0.3 is 6.03 Å². The van der Waals surface area contributed by atoms with Gasteiger partial charge < -0.3 is 14.2 Å². The van der Waals surface area contributed by atoms with Gasteiger partial charge in [0, 0.05) is 0 Å². The number of ether oxygens (including phenoxy) is 3. The number of amides is 4. The number of hydrogen-bond donors (Lipinski definition) is 1. The number of imide groups is 2. The molecular formula is C25H28N2O6. The van der Waals surface area contributed by atoms with Crippen molar-refractivity contribution >= 4 is 29.6 Å². The molecule has 1 heterocycles. The van der Waals surface area contributed by atoms with E-state index in [-0.39, 0.29) is 5.57 Å². The number of barbiturate groups is 1. The van der Waals surface area contributed by atoms with Crippen LogP contribution in [0.5, 0.6) is 17.2 Å². The second-order valence-corrected chi connectivity index (χ2v) is 7.23. The molecule has 1 N–H and O–H groups in total. The van der Waals surface area contributed by atoms with Crippen LogP contribution in [0.4, 0.5) is 10.5 Å². The van der Waals surface area contributed by atoms with Crippen LogP contribution < -0.4 is 24.4 Å². The zero-order valence-electron chi connectivity index (χ0n) is 19.1. The van der Waals surface area contributed by atoms with E-state index in [0.717, 1.165) is 17.7 Å². The predicted octanol–water partition coefficient (Wildman–Crippen LogP) is 4.33. The van der Waals surface area contributed by atoms with Crippen molar-refractivity contribution in [3.05, 3.63) is 53.6 Å². The minimum absolute atomic E-state index is 0.161. The lowest BCUT2D eigenvalue weighted by atomic mass is 10.1. The summed E-state index contributed by atoms with van der Waals surface area (Å²) in [5.74, 6) is 0.259. The summed E-state index contributed by atoms with van der Waals surface area (Å²) in [6.45, 7) is 7.30. The largest absolute Gasteiger partial charge is 0.494 e. The molecule has 8 heteroatoms. The number of rotatable bonds is 10. The first-order chi connectivity index (χ1) is 16.0. The van der Waals surface area contributed by atoms with Gasteiger partial charge in [-0.3, -0.25) is 14.9 Å². The third kappa shape index (κ3) is 5.71. The lowest BCUT2D eigenvalue weighted by molar-refractivity contribution is -0.122. The van der Waals surface area contributed by atoms with Crippen LogP contribution in [0.15, 0.2) is 48.0 Å². The summed E-state index contributed by atoms with van der Waals surface area (Å²) in [7, 11) is 0. The molecule has 4 amide bonds. The molecule has 0 spiro atoms. The maximum Gasteiger partial charge on any atom is 0.335 e. The molecule has 174 valence electrons. The predicted molar refractivity (Wildman–Crippen MR) is 125 cm³/mol. The Balaban J connectivity index is 1.89. The van der Waals surface area contributed by atoms with Crippen molar-refractivity contribution in [2.45, 2.75) is 33.6 Å². The zero-order chi connectivity index (χ0) is 23.8. The molecule has 1 fully saturated rings. The van der Waals surface area contributed by atoms with Crippen molar-refractivity contribution in [3.63, 3.8) is 0 Å². The summed E-state index contributed by atoms with van der Waals surface area (Å²) < 4.78 is 16.9. The zero-order valence-corrected chi connectivity index (χ0v) is 19.1. The second-order valence-electron chi connectivity index (χ2n) is 7.23. The molecule has 0 aliphatic carbocycles. The molecule has 0 radical (unpaired) electrons. The lowest BCUT2D eigenvalue weighted by Crippen LogP contribution is -2.54. The molecule has 1 aliphatic heterocycles. The van der Waals surface area contributed by atoms with Crippen molar-refractivity contribution in [2.75, 3.05) is 24.7 Å². The number of benzene rings is 2. The minimum Gasteiger partial charge on any atom is -0.494 e. The van der Waals surface area contributed by atoms with Gasteiger partial charge in [-0.25, -0.2) is 9.69 Å². The average Bonchev–Trinajstić information content (AvgIpc) is 2.79. The molecule has 0 atom stereocenters. The van der Waals surface area contributed by atoms with E-state index in [0.29, 0.717) is 48.3 Å². The Kier molecular flexibility index (Phi) is 8.07. The van der Waals surface area contributed by atoms with E-state index in [1.165, 1.54) is 6.08 Å². The summed E-state index contributed by atoms with van der Waals surface area (Å²) in [6, 6.07) is 10.9. The molecule has 0 unspecified atom stereocenters. The van der Waals surface area contributed by atoms with Gasteiger partial charge in [-0.05, 0) is 68.3 Å². The molecule has 0 aromatic heterocycles. The normalized spacial score (nSPS) is 14.9. The summed E-state index contributed by atoms with van der Waals surface area (Å²) in [5, 5.41) is 2.23. The monoisotopic (exact) mass is 452 g/mol. The fourth-order valence-corrected chi connectivity index (χ4v) is 3.25. The van der Waals surface area contributed by atoms with Gasteiger partial charge in [0.2, 0.25) is 0 Å². The van der Waals surface area contributed by atoms with Crippen LogP contribution in [0.25, 0.3) is 6.08 Å². The van der Waals surface area contributed by atoms with Crippen molar-refractivity contribution in [1.82, 2.24) is 5.32 Å². The Labute approximate surface area is 193 Å². The number of carbonyl (C=O) groups is 3. The van der Waals surface area contributed by atoms with Gasteiger partial charge in [-0.2, -0.15) is 0 Å². The number of hydrogen-bond acceptors (Lipinski definition) is 6. The molecule has 2 aromatic rings. The van der Waals surface area contributed by atoms with Crippen molar-refractivity contribution in [1.29, 1.82) is 0 Å². The molecule has 0 bridgehead atoms. The highest BCUT2D eigenvalue weighted by molar-refractivity contribution is 6.39. The standard InChI is InChI=1S/C25H28N2O6/c1-4-7-14-33-21-13-8-17(16-22(21)32-6-3)15-20-23(28)26-25(30)27(24(20)29)18-9-11-19(12-10-18)31-5-2/h8-13,15-16H,4-7,14H2,1-3H3,(H,26,28,30)/b20-15+. The van der Waals surface area contributed by atoms with Crippen molar-refractivity contribution in [2.24, 2.45) is 0 Å². The Hall–Kier alpha value is -3.81. The highest BCUT2D eigenvalue weighted by Gasteiger charge is 2.36. The Morgan fingerprint density at radius 2 is 1.61 bits per heavy atom. The first kappa shape index (κ1) is 23.8. The van der Waals surface area contributed by atoms with E-state index >= 15 is 0 Å². The molecule has 3 rings (SSSR count). The highest BCUT2D eigenvalue weighted by atomic mass is 16.5.